The summed E-state index contributed by atoms with van der Waals surface area (Å²) in [5.41, 5.74) is -1.41. The number of nitrogens with one attached hydrogen (secondary N) is 1. The molecule has 0 aliphatic heterocycles. The molecule has 1 atom stereocenters. The molecule has 0 aromatic heterocycles. The predicted molar refractivity (Wildman–Crippen MR) is 27.5 cm³/mol. The third kappa shape index (κ3) is 4.01. The molecule has 0 aromatic rings. The van der Waals surface area contributed by atoms with Crippen molar-refractivity contribution in [1.82, 2.24) is 4.72 Å². The van der Waals surface area contributed by atoms with Crippen LogP contribution < -0.4 is 4.72 Å². The maximum atomic E-state index is 11.7. The summed E-state index contributed by atoms with van der Waals surface area (Å²) in [5.74, 6) is 0. The average Bonchev–Trinajstić information content (AvgIpc) is 1.68. The highest BCUT2D eigenvalue weighted by Crippen LogP contribution is 2.05. The second-order valence-electron chi connectivity index (χ2n) is 0.886. The molecular formula is C3H7F2NS. The van der Waals surface area contributed by atoms with Crippen LogP contribution in [0.2, 0.25) is 0 Å². The van der Waals surface area contributed by atoms with Crippen molar-refractivity contribution in [2.75, 3.05) is 13.7 Å². The summed E-state index contributed by atoms with van der Waals surface area (Å²) in [5, 5.41) is 0. The van der Waals surface area contributed by atoms with Gasteiger partial charge < -0.3 is 0 Å². The second kappa shape index (κ2) is 4.33. The number of halogens is 2. The maximum Gasteiger partial charge on any atom is 0.187 e. The first-order valence-corrected chi connectivity index (χ1v) is 2.71. The van der Waals surface area contributed by atoms with Crippen LogP contribution in [0, 0.1) is 0 Å². The van der Waals surface area contributed by atoms with Gasteiger partial charge >= 0.3 is 0 Å². The third-order valence-corrected chi connectivity index (χ3v) is 0.984. The van der Waals surface area contributed by atoms with Gasteiger partial charge in [0.05, 0.1) is 0 Å². The zero-order chi connectivity index (χ0) is 5.70. The van der Waals surface area contributed by atoms with Gasteiger partial charge in [-0.15, -0.1) is 0 Å². The molecule has 0 aliphatic rings. The average molecular weight is 127 g/mol. The summed E-state index contributed by atoms with van der Waals surface area (Å²) < 4.78 is 25.2. The molecule has 1 nitrogen and oxygen atoms in total. The predicted octanol–water partition coefficient (Wildman–Crippen LogP) is 1.12. The van der Waals surface area contributed by atoms with Gasteiger partial charge in [0, 0.05) is 0 Å². The zero-order valence-electron chi connectivity index (χ0n) is 3.95. The molecule has 7 heavy (non-hydrogen) atoms. The Balaban J connectivity index is 2.83. The molecular weight excluding hydrogens is 120 g/mol. The summed E-state index contributed by atoms with van der Waals surface area (Å²) in [6, 6.07) is 0. The van der Waals surface area contributed by atoms with E-state index in [9.17, 15) is 8.78 Å². The minimum absolute atomic E-state index is 0.740. The van der Waals surface area contributed by atoms with Crippen molar-refractivity contribution >= 4 is 11.9 Å². The third-order valence-electron chi connectivity index (χ3n) is 0.367. The first kappa shape index (κ1) is 7.17. The Morgan fingerprint density at radius 3 is 2.57 bits per heavy atom. The molecule has 4 heteroatoms. The van der Waals surface area contributed by atoms with E-state index in [4.69, 9.17) is 0 Å². The zero-order valence-corrected chi connectivity index (χ0v) is 4.77. The molecule has 0 amide bonds. The van der Waals surface area contributed by atoms with Gasteiger partial charge in [-0.1, -0.05) is 0 Å². The molecule has 44 valence electrons. The molecule has 0 aromatic carbocycles. The fraction of sp³-hybridized carbons (Fsp3) is 1.00. The Morgan fingerprint density at radius 2 is 2.43 bits per heavy atom. The first-order chi connectivity index (χ1) is 3.31. The lowest BCUT2D eigenvalue weighted by atomic mass is 10.9. The van der Waals surface area contributed by atoms with E-state index in [1.165, 1.54) is 0 Å². The van der Waals surface area contributed by atoms with E-state index in [-0.39, 0.29) is 0 Å². The minimum Gasteiger partial charge on any atom is -0.265 e. The number of hydrogen-bond acceptors (Lipinski definition) is 2. The normalized spacial score (nSPS) is 14.1. The van der Waals surface area contributed by atoms with Crippen molar-refractivity contribution in [3.8, 4) is 0 Å². The van der Waals surface area contributed by atoms with E-state index in [1.54, 1.807) is 7.05 Å². The monoisotopic (exact) mass is 127 g/mol. The summed E-state index contributed by atoms with van der Waals surface area (Å²) in [4.78, 5) is 0. The SMILES string of the molecule is CNSC(F)CF. The largest absolute Gasteiger partial charge is 0.265 e. The molecule has 0 saturated heterocycles. The Labute approximate surface area is 45.6 Å². The van der Waals surface area contributed by atoms with Gasteiger partial charge in [0.15, 0.2) is 5.50 Å². The van der Waals surface area contributed by atoms with Crippen LogP contribution in [0.3, 0.4) is 0 Å². The second-order valence-corrected chi connectivity index (χ2v) is 2.04. The van der Waals surface area contributed by atoms with Gasteiger partial charge in [-0.3, -0.25) is 4.72 Å². The van der Waals surface area contributed by atoms with Crippen molar-refractivity contribution in [3.05, 3.63) is 0 Å². The van der Waals surface area contributed by atoms with E-state index >= 15 is 0 Å². The van der Waals surface area contributed by atoms with Crippen LogP contribution in [-0.4, -0.2) is 19.2 Å². The van der Waals surface area contributed by atoms with Crippen molar-refractivity contribution in [3.63, 3.8) is 0 Å². The molecule has 0 bridgehead atoms. The lowest BCUT2D eigenvalue weighted by Gasteiger charge is -1.97. The Bertz CT molecular complexity index is 43.9. The van der Waals surface area contributed by atoms with Gasteiger partial charge in [-0.05, 0) is 19.0 Å². The standard InChI is InChI=1S/C3H7F2NS/c1-6-7-3(5)2-4/h3,6H,2H2,1H3. The quantitative estimate of drug-likeness (QED) is 0.570. The van der Waals surface area contributed by atoms with Crippen molar-refractivity contribution in [2.24, 2.45) is 0 Å². The van der Waals surface area contributed by atoms with E-state index in [0.717, 1.165) is 11.9 Å². The van der Waals surface area contributed by atoms with Crippen LogP contribution >= 0.6 is 11.9 Å². The van der Waals surface area contributed by atoms with Gasteiger partial charge in [0.25, 0.3) is 0 Å². The van der Waals surface area contributed by atoms with Crippen molar-refractivity contribution in [1.29, 1.82) is 0 Å². The van der Waals surface area contributed by atoms with Crippen LogP contribution in [0.1, 0.15) is 0 Å². The molecule has 0 heterocycles. The number of hydrogen-bond donors (Lipinski definition) is 1. The summed E-state index contributed by atoms with van der Waals surface area (Å²) >= 11 is 0.740. The first-order valence-electron chi connectivity index (χ1n) is 1.83. The topological polar surface area (TPSA) is 12.0 Å². The molecule has 0 spiro atoms. The Morgan fingerprint density at radius 1 is 1.86 bits per heavy atom. The van der Waals surface area contributed by atoms with Crippen LogP contribution in [-0.2, 0) is 0 Å². The molecule has 0 rings (SSSR count). The van der Waals surface area contributed by atoms with Crippen LogP contribution in [0.15, 0.2) is 0 Å². The molecule has 0 aliphatic carbocycles. The van der Waals surface area contributed by atoms with E-state index in [0.29, 0.717) is 0 Å². The van der Waals surface area contributed by atoms with E-state index in [2.05, 4.69) is 4.72 Å². The van der Waals surface area contributed by atoms with E-state index in [1.807, 2.05) is 0 Å². The highest BCUT2D eigenvalue weighted by molar-refractivity contribution is 7.97. The number of rotatable bonds is 3. The summed E-state index contributed by atoms with van der Waals surface area (Å²) in [6.07, 6.45) is 0. The highest BCUT2D eigenvalue weighted by atomic mass is 32.2. The maximum absolute atomic E-state index is 11.7. The van der Waals surface area contributed by atoms with Crippen LogP contribution in [0.4, 0.5) is 8.78 Å². The highest BCUT2D eigenvalue weighted by Gasteiger charge is 2.01. The van der Waals surface area contributed by atoms with Gasteiger partial charge in [-0.25, -0.2) is 8.78 Å². The van der Waals surface area contributed by atoms with E-state index < -0.39 is 12.2 Å². The Kier molecular flexibility index (Phi) is 4.44. The lowest BCUT2D eigenvalue weighted by Crippen LogP contribution is -2.03. The fourth-order valence-corrected chi connectivity index (χ4v) is 0.478. The van der Waals surface area contributed by atoms with Crippen molar-refractivity contribution in [2.45, 2.75) is 5.50 Å². The molecule has 0 radical (unpaired) electrons. The minimum atomic E-state index is -1.41. The smallest absolute Gasteiger partial charge is 0.187 e. The van der Waals surface area contributed by atoms with Gasteiger partial charge in [0.2, 0.25) is 0 Å². The molecule has 1 unspecified atom stereocenters. The Hall–Kier alpha value is 0.170. The summed E-state index contributed by atoms with van der Waals surface area (Å²) in [6.45, 7) is -0.925. The lowest BCUT2D eigenvalue weighted by molar-refractivity contribution is 0.348. The van der Waals surface area contributed by atoms with Gasteiger partial charge in [-0.2, -0.15) is 0 Å². The molecule has 0 fully saturated rings. The molecule has 1 N–H and O–H groups in total. The van der Waals surface area contributed by atoms with Crippen LogP contribution in [0.5, 0.6) is 0 Å². The molecule has 0 saturated carbocycles. The fourth-order valence-electron chi connectivity index (χ4n) is 0.159. The summed E-state index contributed by atoms with van der Waals surface area (Å²) in [7, 11) is 1.55. The van der Waals surface area contributed by atoms with Crippen LogP contribution in [0.25, 0.3) is 0 Å². The van der Waals surface area contributed by atoms with Crippen molar-refractivity contribution < 1.29 is 8.78 Å². The van der Waals surface area contributed by atoms with Gasteiger partial charge in [0.1, 0.15) is 6.67 Å². The number of alkyl halides is 2.